The van der Waals surface area contributed by atoms with E-state index >= 15 is 0 Å². The van der Waals surface area contributed by atoms with Crippen LogP contribution in [0.4, 0.5) is 0 Å². The second kappa shape index (κ2) is 9.25. The fraction of sp³-hybridized carbons (Fsp3) is 0. The molecule has 0 fully saturated rings. The molecule has 4 nitrogen and oxygen atoms in total. The largest absolute Gasteiger partial charge is 2.00 e. The summed E-state index contributed by atoms with van der Waals surface area (Å²) in [6.07, 6.45) is 0. The molecule has 0 amide bonds. The summed E-state index contributed by atoms with van der Waals surface area (Å²) in [6, 6.07) is 0. The van der Waals surface area contributed by atoms with Gasteiger partial charge in [-0.05, 0) is 0 Å². The predicted molar refractivity (Wildman–Crippen MR) is 13.0 cm³/mol. The van der Waals surface area contributed by atoms with E-state index in [0.29, 0.717) is 0 Å². The van der Waals surface area contributed by atoms with E-state index in [-0.39, 0.29) is 32.4 Å². The van der Waals surface area contributed by atoms with E-state index in [1.165, 1.54) is 0 Å². The predicted octanol–water partition coefficient (Wildman–Crippen LogP) is -3.16. The molecule has 0 bridgehead atoms. The Labute approximate surface area is 55.1 Å². The van der Waals surface area contributed by atoms with Crippen molar-refractivity contribution in [3.8, 4) is 0 Å². The van der Waals surface area contributed by atoms with Gasteiger partial charge in [0.1, 0.15) is 0 Å². The molecule has 0 saturated heterocycles. The fourth-order valence-electron chi connectivity index (χ4n) is 0. The molecule has 0 aromatic rings. The Bertz CT molecular complexity index is 15.5. The van der Waals surface area contributed by atoms with Gasteiger partial charge in [-0.1, -0.05) is 0 Å². The Balaban J connectivity index is -0.0000000450. The van der Waals surface area contributed by atoms with Crippen molar-refractivity contribution in [2.24, 2.45) is 0 Å². The quantitative estimate of drug-likeness (QED) is 0.373. The van der Waals surface area contributed by atoms with Crippen LogP contribution < -0.4 is 16.2 Å². The third-order valence-electron chi connectivity index (χ3n) is 0. The maximum absolute atomic E-state index is 8.53. The van der Waals surface area contributed by atoms with Gasteiger partial charge in [-0.15, -0.1) is 0 Å². The van der Waals surface area contributed by atoms with Gasteiger partial charge < -0.3 is 21.2 Å². The monoisotopic (exact) mass is 167 g/mol. The van der Waals surface area contributed by atoms with Crippen LogP contribution in [0.5, 0.6) is 0 Å². The molecule has 0 rings (SSSR count). The molecule has 0 aliphatic rings. The molecule has 0 aliphatic carbocycles. The Kier molecular flexibility index (Phi) is 24.4. The van der Waals surface area contributed by atoms with Crippen LogP contribution in [0.15, 0.2) is 0 Å². The third kappa shape index (κ3) is 111. The molecule has 0 atom stereocenters. The van der Waals surface area contributed by atoms with Crippen LogP contribution in [0, 0.1) is 0 Å². The van der Waals surface area contributed by atoms with Gasteiger partial charge in [-0.3, -0.25) is 0 Å². The third-order valence-corrected chi connectivity index (χ3v) is 0. The second-order valence-electron chi connectivity index (χ2n) is 0.307. The van der Waals surface area contributed by atoms with Gasteiger partial charge in [0.2, 0.25) is 0 Å². The molecule has 0 aliphatic heterocycles. The van der Waals surface area contributed by atoms with Crippen molar-refractivity contribution in [1.29, 1.82) is 0 Å². The van der Waals surface area contributed by atoms with Gasteiger partial charge in [0, 0.05) is 0 Å². The first kappa shape index (κ1) is 15.8. The van der Waals surface area contributed by atoms with Crippen LogP contribution in [0.3, 0.4) is 0 Å². The Hall–Kier alpha value is 0.788. The zero-order valence-corrected chi connectivity index (χ0v) is 5.51. The average molecular weight is 168 g/mol. The first-order valence-corrected chi connectivity index (χ1v) is 0.730. The molecule has 0 unspecified atom stereocenters. The smallest absolute Gasteiger partial charge is 0.871 e. The number of rotatable bonds is 0. The van der Waals surface area contributed by atoms with E-state index in [0.717, 1.165) is 0 Å². The van der Waals surface area contributed by atoms with Gasteiger partial charge in [0.05, 0.1) is 7.32 Å². The molecule has 4 N–H and O–H groups in total. The minimum absolute atomic E-state index is 0. The first-order valence-electron chi connectivity index (χ1n) is 0.730. The van der Waals surface area contributed by atoms with Crippen LogP contribution in [0.25, 0.3) is 0 Å². The maximum Gasteiger partial charge on any atom is 2.00 e. The van der Waals surface area contributed by atoms with Gasteiger partial charge >= 0.3 is 26.2 Å². The first-order chi connectivity index (χ1) is 1.73. The number of hydrogen-bond donors (Lipinski definition) is 2. The summed E-state index contributed by atoms with van der Waals surface area (Å²) in [5, 5.41) is 24.0. The van der Waals surface area contributed by atoms with Crippen molar-refractivity contribution in [2.75, 3.05) is 0 Å². The zero-order chi connectivity index (χ0) is 3.58. The summed E-state index contributed by atoms with van der Waals surface area (Å²) in [7, 11) is -2.67. The van der Waals surface area contributed by atoms with Crippen molar-refractivity contribution in [3.63, 3.8) is 0 Å². The summed E-state index contributed by atoms with van der Waals surface area (Å²) >= 11 is 0. The van der Waals surface area contributed by atoms with Crippen molar-refractivity contribution >= 4 is 7.32 Å². The normalized spacial score (nSPS) is 4.50. The fourth-order valence-corrected chi connectivity index (χ4v) is 0. The topological polar surface area (TPSA) is 101 Å². The second-order valence-corrected chi connectivity index (χ2v) is 0.307. The molecule has 6 heteroatoms. The Morgan fingerprint density at radius 1 is 1.33 bits per heavy atom. The molecule has 6 heavy (non-hydrogen) atoms. The molecule has 0 aromatic heterocycles. The molecule has 34 valence electrons. The van der Waals surface area contributed by atoms with E-state index in [4.69, 9.17) is 15.1 Å². The minimum Gasteiger partial charge on any atom is -0.871 e. The molecule has 0 aromatic carbocycles. The summed E-state index contributed by atoms with van der Waals surface area (Å²) in [5.41, 5.74) is 0. The summed E-state index contributed by atoms with van der Waals surface area (Å²) in [5.74, 6) is 0. The van der Waals surface area contributed by atoms with Crippen molar-refractivity contribution < 1.29 is 41.3 Å². The van der Waals surface area contributed by atoms with E-state index in [2.05, 4.69) is 0 Å². The summed E-state index contributed by atoms with van der Waals surface area (Å²) in [6.45, 7) is 0. The SMILES string of the molecule is N.[O-]B([O-])O.[Zr+2]. The van der Waals surface area contributed by atoms with Gasteiger partial charge in [0.15, 0.2) is 0 Å². The van der Waals surface area contributed by atoms with Crippen LogP contribution in [0.2, 0.25) is 0 Å². The van der Waals surface area contributed by atoms with E-state index in [1.54, 1.807) is 0 Å². The Morgan fingerprint density at radius 2 is 1.33 bits per heavy atom. The van der Waals surface area contributed by atoms with Crippen LogP contribution >= 0.6 is 0 Å². The molecule has 0 saturated carbocycles. The van der Waals surface area contributed by atoms with E-state index < -0.39 is 7.32 Å². The minimum atomic E-state index is -2.67. The van der Waals surface area contributed by atoms with Crippen molar-refractivity contribution in [1.82, 2.24) is 6.15 Å². The van der Waals surface area contributed by atoms with Crippen LogP contribution in [-0.2, 0) is 26.2 Å². The molecule has 0 heterocycles. The standard InChI is InChI=1S/BHO3.H3N.Zr/c2-1(3)4;;/h2H;1H3;/q-2;;+2. The van der Waals surface area contributed by atoms with Crippen LogP contribution in [0.1, 0.15) is 0 Å². The number of hydrogen-bond acceptors (Lipinski definition) is 4. The molecular formula is H4BNO3Zr. The molecule has 0 radical (unpaired) electrons. The van der Waals surface area contributed by atoms with Crippen molar-refractivity contribution in [3.05, 3.63) is 0 Å². The van der Waals surface area contributed by atoms with Gasteiger partial charge in [-0.25, -0.2) is 0 Å². The molecule has 0 spiro atoms. The van der Waals surface area contributed by atoms with Gasteiger partial charge in [0.25, 0.3) is 0 Å². The average Bonchev–Trinajstić information content (AvgIpc) is 0.811. The van der Waals surface area contributed by atoms with Gasteiger partial charge in [-0.2, -0.15) is 0 Å². The zero-order valence-electron chi connectivity index (χ0n) is 3.05. The summed E-state index contributed by atoms with van der Waals surface area (Å²) < 4.78 is 0. The van der Waals surface area contributed by atoms with E-state index in [9.17, 15) is 0 Å². The van der Waals surface area contributed by atoms with Crippen LogP contribution in [-0.4, -0.2) is 12.3 Å². The summed E-state index contributed by atoms with van der Waals surface area (Å²) in [4.78, 5) is 0. The van der Waals surface area contributed by atoms with Crippen molar-refractivity contribution in [2.45, 2.75) is 0 Å². The Morgan fingerprint density at radius 3 is 1.33 bits per heavy atom. The molecular weight excluding hydrogens is 164 g/mol. The van der Waals surface area contributed by atoms with E-state index in [1.807, 2.05) is 0 Å². The maximum atomic E-state index is 8.53.